The number of hydrogen-bond donors (Lipinski definition) is 1. The van der Waals surface area contributed by atoms with E-state index in [0.717, 1.165) is 12.1 Å². The monoisotopic (exact) mass is 350 g/mol. The maximum atomic E-state index is 12.7. The average Bonchev–Trinajstić information content (AvgIpc) is 2.80. The van der Waals surface area contributed by atoms with E-state index in [4.69, 9.17) is 5.73 Å². The first-order valence-corrected chi connectivity index (χ1v) is 7.46. The van der Waals surface area contributed by atoms with Gasteiger partial charge in [-0.1, -0.05) is 0 Å². The van der Waals surface area contributed by atoms with Gasteiger partial charge in [0.05, 0.1) is 17.2 Å². The molecule has 0 bridgehead atoms. The Morgan fingerprint density at radius 1 is 1.43 bits per heavy atom. The largest absolute Gasteiger partial charge is 0.399 e. The lowest BCUT2D eigenvalue weighted by atomic mass is 10.0. The Kier molecular flexibility index (Phi) is 4.80. The number of carbonyl (C=O) groups is 1. The number of aryl methyl sites for hydroxylation is 1. The van der Waals surface area contributed by atoms with Gasteiger partial charge in [-0.2, -0.15) is 5.10 Å². The van der Waals surface area contributed by atoms with E-state index >= 15 is 0 Å². The van der Waals surface area contributed by atoms with Crippen molar-refractivity contribution in [3.63, 3.8) is 0 Å². The van der Waals surface area contributed by atoms with Crippen molar-refractivity contribution in [1.82, 2.24) is 14.7 Å². The number of rotatable bonds is 5. The zero-order valence-electron chi connectivity index (χ0n) is 12.4. The highest BCUT2D eigenvalue weighted by Gasteiger charge is 2.19. The molecule has 0 aliphatic carbocycles. The molecule has 2 N–H and O–H groups in total. The third-order valence-electron chi connectivity index (χ3n) is 3.30. The van der Waals surface area contributed by atoms with Gasteiger partial charge < -0.3 is 10.6 Å². The number of likely N-dealkylation sites (N-methyl/N-ethyl adjacent to an activating group) is 1. The van der Waals surface area contributed by atoms with E-state index in [9.17, 15) is 4.79 Å². The van der Waals surface area contributed by atoms with E-state index in [1.807, 2.05) is 27.1 Å². The van der Waals surface area contributed by atoms with Crippen molar-refractivity contribution >= 4 is 27.4 Å². The fraction of sp³-hybridized carbons (Fsp3) is 0.333. The van der Waals surface area contributed by atoms with Crippen molar-refractivity contribution in [3.05, 3.63) is 45.7 Å². The molecule has 0 aliphatic heterocycles. The third kappa shape index (κ3) is 3.51. The number of nitrogens with zero attached hydrogens (tertiary/aromatic N) is 3. The molecule has 0 aliphatic rings. The number of hydrogen-bond acceptors (Lipinski definition) is 4. The van der Waals surface area contributed by atoms with Gasteiger partial charge in [-0.25, -0.2) is 0 Å². The second-order valence-electron chi connectivity index (χ2n) is 5.27. The summed E-state index contributed by atoms with van der Waals surface area (Å²) in [4.78, 5) is 14.8. The molecule has 2 aromatic rings. The number of halogens is 1. The van der Waals surface area contributed by atoms with Crippen LogP contribution in [0.1, 0.15) is 21.6 Å². The summed E-state index contributed by atoms with van der Waals surface area (Å²) in [6.45, 7) is 3.37. The van der Waals surface area contributed by atoms with Crippen LogP contribution in [0.25, 0.3) is 0 Å². The first-order valence-electron chi connectivity index (χ1n) is 6.67. The lowest BCUT2D eigenvalue weighted by Gasteiger charge is -2.12. The van der Waals surface area contributed by atoms with E-state index in [1.54, 1.807) is 23.0 Å². The quantitative estimate of drug-likeness (QED) is 0.663. The first-order chi connectivity index (χ1) is 9.90. The summed E-state index contributed by atoms with van der Waals surface area (Å²) >= 11 is 3.41. The van der Waals surface area contributed by atoms with E-state index in [0.29, 0.717) is 28.0 Å². The second kappa shape index (κ2) is 6.41. The van der Waals surface area contributed by atoms with Crippen molar-refractivity contribution in [2.45, 2.75) is 13.5 Å². The molecule has 0 saturated heterocycles. The lowest BCUT2D eigenvalue weighted by molar-refractivity contribution is 0.102. The summed E-state index contributed by atoms with van der Waals surface area (Å²) in [6.07, 6.45) is 1.66. The fourth-order valence-electron chi connectivity index (χ4n) is 2.01. The number of aromatic nitrogens is 2. The second-order valence-corrected chi connectivity index (χ2v) is 6.12. The SMILES string of the molecule is Cc1cc(C(=O)c2c(Br)cnn2CCN(C)C)ccc1N. The molecule has 0 atom stereocenters. The summed E-state index contributed by atoms with van der Waals surface area (Å²) in [5.74, 6) is -0.0544. The molecule has 112 valence electrons. The number of nitrogens with two attached hydrogens (primary N) is 1. The topological polar surface area (TPSA) is 64.2 Å². The summed E-state index contributed by atoms with van der Waals surface area (Å²) in [5, 5.41) is 4.27. The molecule has 21 heavy (non-hydrogen) atoms. The molecule has 1 aromatic heterocycles. The van der Waals surface area contributed by atoms with Gasteiger partial charge in [-0.05, 0) is 60.7 Å². The van der Waals surface area contributed by atoms with Crippen molar-refractivity contribution in [2.24, 2.45) is 0 Å². The van der Waals surface area contributed by atoms with Crippen LogP contribution in [-0.4, -0.2) is 41.1 Å². The van der Waals surface area contributed by atoms with Gasteiger partial charge in [0, 0.05) is 17.8 Å². The molecule has 2 rings (SSSR count). The average molecular weight is 351 g/mol. The predicted molar refractivity (Wildman–Crippen MR) is 87.5 cm³/mol. The maximum Gasteiger partial charge on any atom is 0.212 e. The fourth-order valence-corrected chi connectivity index (χ4v) is 2.48. The van der Waals surface area contributed by atoms with Crippen LogP contribution < -0.4 is 5.73 Å². The van der Waals surface area contributed by atoms with Crippen LogP contribution in [0, 0.1) is 6.92 Å². The number of ketones is 1. The van der Waals surface area contributed by atoms with Crippen LogP contribution in [0.15, 0.2) is 28.9 Å². The lowest BCUT2D eigenvalue weighted by Crippen LogP contribution is -2.21. The van der Waals surface area contributed by atoms with Gasteiger partial charge in [0.1, 0.15) is 5.69 Å². The normalized spacial score (nSPS) is 11.1. The minimum atomic E-state index is -0.0544. The van der Waals surface area contributed by atoms with Crippen molar-refractivity contribution in [3.8, 4) is 0 Å². The molecule has 0 radical (unpaired) electrons. The van der Waals surface area contributed by atoms with Crippen LogP contribution in [0.2, 0.25) is 0 Å². The Morgan fingerprint density at radius 3 is 2.76 bits per heavy atom. The number of anilines is 1. The van der Waals surface area contributed by atoms with E-state index in [1.165, 1.54) is 0 Å². The van der Waals surface area contributed by atoms with Gasteiger partial charge >= 0.3 is 0 Å². The highest BCUT2D eigenvalue weighted by molar-refractivity contribution is 9.10. The Hall–Kier alpha value is -1.66. The molecule has 0 fully saturated rings. The van der Waals surface area contributed by atoms with Crippen molar-refractivity contribution in [1.29, 1.82) is 0 Å². The Balaban J connectivity index is 2.34. The molecule has 5 nitrogen and oxygen atoms in total. The zero-order chi connectivity index (χ0) is 15.6. The summed E-state index contributed by atoms with van der Waals surface area (Å²) in [6, 6.07) is 5.32. The third-order valence-corrected chi connectivity index (χ3v) is 3.88. The summed E-state index contributed by atoms with van der Waals surface area (Å²) in [7, 11) is 3.98. The minimum Gasteiger partial charge on any atom is -0.399 e. The van der Waals surface area contributed by atoms with Crippen LogP contribution >= 0.6 is 15.9 Å². The minimum absolute atomic E-state index is 0.0544. The highest BCUT2D eigenvalue weighted by Crippen LogP contribution is 2.22. The molecule has 1 heterocycles. The van der Waals surface area contributed by atoms with Gasteiger partial charge in [0.25, 0.3) is 0 Å². The van der Waals surface area contributed by atoms with Crippen molar-refractivity contribution in [2.75, 3.05) is 26.4 Å². The Bertz CT molecular complexity index is 664. The summed E-state index contributed by atoms with van der Waals surface area (Å²) in [5.41, 5.74) is 8.58. The highest BCUT2D eigenvalue weighted by atomic mass is 79.9. The number of carbonyl (C=O) groups excluding carboxylic acids is 1. The maximum absolute atomic E-state index is 12.7. The zero-order valence-corrected chi connectivity index (χ0v) is 14.0. The first kappa shape index (κ1) is 15.7. The van der Waals surface area contributed by atoms with Gasteiger partial charge in [-0.15, -0.1) is 0 Å². The number of nitrogen functional groups attached to an aromatic ring is 1. The summed E-state index contributed by atoms with van der Waals surface area (Å²) < 4.78 is 2.44. The molecule has 0 amide bonds. The van der Waals surface area contributed by atoms with Crippen LogP contribution in [0.5, 0.6) is 0 Å². The molecule has 1 aromatic carbocycles. The van der Waals surface area contributed by atoms with Gasteiger partial charge in [-0.3, -0.25) is 9.48 Å². The van der Waals surface area contributed by atoms with Crippen LogP contribution in [0.3, 0.4) is 0 Å². The molecular weight excluding hydrogens is 332 g/mol. The van der Waals surface area contributed by atoms with E-state index < -0.39 is 0 Å². The predicted octanol–water partition coefficient (Wildman–Crippen LogP) is 2.33. The van der Waals surface area contributed by atoms with Gasteiger partial charge in [0.2, 0.25) is 5.78 Å². The Labute approximate surface area is 132 Å². The number of benzene rings is 1. The van der Waals surface area contributed by atoms with Crippen molar-refractivity contribution < 1.29 is 4.79 Å². The molecule has 0 unspecified atom stereocenters. The van der Waals surface area contributed by atoms with Gasteiger partial charge in [0.15, 0.2) is 0 Å². The standard InChI is InChI=1S/C15H19BrN4O/c1-10-8-11(4-5-13(10)17)15(21)14-12(16)9-18-20(14)7-6-19(2)3/h4-5,8-9H,6-7,17H2,1-3H3. The molecular formula is C15H19BrN4O. The van der Waals surface area contributed by atoms with E-state index in [-0.39, 0.29) is 5.78 Å². The Morgan fingerprint density at radius 2 is 2.14 bits per heavy atom. The molecule has 0 saturated carbocycles. The van der Waals surface area contributed by atoms with Crippen LogP contribution in [-0.2, 0) is 6.54 Å². The van der Waals surface area contributed by atoms with E-state index in [2.05, 4.69) is 25.9 Å². The van der Waals surface area contributed by atoms with Crippen LogP contribution in [0.4, 0.5) is 5.69 Å². The molecule has 0 spiro atoms. The molecule has 6 heteroatoms. The smallest absolute Gasteiger partial charge is 0.212 e.